The molecule has 1 fully saturated rings. The summed E-state index contributed by atoms with van der Waals surface area (Å²) < 4.78 is 5.05. The molecule has 1 heterocycles. The highest BCUT2D eigenvalue weighted by Gasteiger charge is 2.21. The number of nitrogens with two attached hydrogens (primary N) is 1. The molecule has 0 aromatic heterocycles. The van der Waals surface area contributed by atoms with Gasteiger partial charge in [-0.05, 0) is 26.3 Å². The van der Waals surface area contributed by atoms with E-state index in [0.29, 0.717) is 11.6 Å². The van der Waals surface area contributed by atoms with E-state index in [9.17, 15) is 4.79 Å². The fourth-order valence-corrected chi connectivity index (χ4v) is 1.33. The van der Waals surface area contributed by atoms with Crippen LogP contribution >= 0.6 is 0 Å². The van der Waals surface area contributed by atoms with Gasteiger partial charge in [-0.25, -0.2) is 0 Å². The quantitative estimate of drug-likeness (QED) is 0.634. The Morgan fingerprint density at radius 1 is 1.50 bits per heavy atom. The first kappa shape index (κ1) is 11.2. The molecule has 1 aliphatic rings. The van der Waals surface area contributed by atoms with E-state index in [0.717, 1.165) is 18.8 Å². The molecule has 4 heteroatoms. The first-order chi connectivity index (χ1) is 6.52. The van der Waals surface area contributed by atoms with Gasteiger partial charge in [0, 0.05) is 11.6 Å². The second-order valence-corrected chi connectivity index (χ2v) is 3.79. The van der Waals surface area contributed by atoms with Crippen molar-refractivity contribution in [3.05, 3.63) is 11.1 Å². The maximum Gasteiger partial charge on any atom is 0.244 e. The average molecular weight is 198 g/mol. The van der Waals surface area contributed by atoms with Crippen LogP contribution in [-0.2, 0) is 9.53 Å². The van der Waals surface area contributed by atoms with Crippen molar-refractivity contribution >= 4 is 5.91 Å². The van der Waals surface area contributed by atoms with Gasteiger partial charge in [0.2, 0.25) is 5.91 Å². The number of carbonyl (C=O) groups excluding carboxylic acids is 1. The largest absolute Gasteiger partial charge is 0.378 e. The van der Waals surface area contributed by atoms with Crippen molar-refractivity contribution < 1.29 is 9.53 Å². The fourth-order valence-electron chi connectivity index (χ4n) is 1.33. The van der Waals surface area contributed by atoms with Crippen LogP contribution in [0.3, 0.4) is 0 Å². The molecule has 0 aliphatic carbocycles. The van der Waals surface area contributed by atoms with E-state index in [2.05, 4.69) is 5.32 Å². The van der Waals surface area contributed by atoms with Gasteiger partial charge in [-0.1, -0.05) is 0 Å². The molecule has 0 aromatic rings. The van der Waals surface area contributed by atoms with Gasteiger partial charge in [-0.2, -0.15) is 0 Å². The highest BCUT2D eigenvalue weighted by molar-refractivity contribution is 5.92. The summed E-state index contributed by atoms with van der Waals surface area (Å²) in [5, 5.41) is 3.36. The number of hydrogen-bond donors (Lipinski definition) is 2. The molecule has 1 saturated heterocycles. The van der Waals surface area contributed by atoms with Crippen LogP contribution in [0.4, 0.5) is 0 Å². The van der Waals surface area contributed by atoms with Gasteiger partial charge in [-0.15, -0.1) is 0 Å². The zero-order valence-electron chi connectivity index (χ0n) is 8.96. The van der Waals surface area contributed by atoms with Crippen molar-refractivity contribution in [3.63, 3.8) is 0 Å². The Balaban J connectivity index is 2.53. The lowest BCUT2D eigenvalue weighted by Gasteiger charge is -2.30. The third-order valence-electron chi connectivity index (χ3n) is 2.73. The minimum Gasteiger partial charge on any atom is -0.378 e. The SMILES string of the molecule is C/C(C(N)=O)=C(/C)C(C)NC1COC1. The molecule has 0 radical (unpaired) electrons. The molecule has 1 aliphatic heterocycles. The summed E-state index contributed by atoms with van der Waals surface area (Å²) in [4.78, 5) is 10.9. The Hall–Kier alpha value is -0.870. The minimum atomic E-state index is -0.346. The molecule has 0 bridgehead atoms. The Kier molecular flexibility index (Phi) is 3.66. The molecule has 1 unspecified atom stereocenters. The third-order valence-corrected chi connectivity index (χ3v) is 2.73. The van der Waals surface area contributed by atoms with Crippen LogP contribution in [0.25, 0.3) is 0 Å². The van der Waals surface area contributed by atoms with E-state index >= 15 is 0 Å². The van der Waals surface area contributed by atoms with Gasteiger partial charge in [0.1, 0.15) is 0 Å². The molecular formula is C10H18N2O2. The third kappa shape index (κ3) is 2.56. The van der Waals surface area contributed by atoms with E-state index < -0.39 is 0 Å². The number of ether oxygens (including phenoxy) is 1. The summed E-state index contributed by atoms with van der Waals surface area (Å²) in [5.74, 6) is -0.346. The smallest absolute Gasteiger partial charge is 0.244 e. The maximum atomic E-state index is 10.9. The number of primary amides is 1. The highest BCUT2D eigenvalue weighted by Crippen LogP contribution is 2.10. The second kappa shape index (κ2) is 4.57. The molecular weight excluding hydrogens is 180 g/mol. The predicted molar refractivity (Wildman–Crippen MR) is 54.8 cm³/mol. The Bertz CT molecular complexity index is 257. The standard InChI is InChI=1S/C10H18N2O2/c1-6(7(2)10(11)13)8(3)12-9-4-14-5-9/h8-9,12H,4-5H2,1-3H3,(H2,11,13)/b7-6+. The lowest BCUT2D eigenvalue weighted by molar-refractivity contribution is -0.114. The normalized spacial score (nSPS) is 21.1. The van der Waals surface area contributed by atoms with Gasteiger partial charge >= 0.3 is 0 Å². The number of carbonyl (C=O) groups is 1. The number of amides is 1. The van der Waals surface area contributed by atoms with Crippen molar-refractivity contribution in [2.24, 2.45) is 5.73 Å². The van der Waals surface area contributed by atoms with Gasteiger partial charge < -0.3 is 15.8 Å². The van der Waals surface area contributed by atoms with Crippen LogP contribution in [-0.4, -0.2) is 31.2 Å². The van der Waals surface area contributed by atoms with Crippen LogP contribution in [0.15, 0.2) is 11.1 Å². The van der Waals surface area contributed by atoms with Crippen molar-refractivity contribution in [1.82, 2.24) is 5.32 Å². The summed E-state index contributed by atoms with van der Waals surface area (Å²) in [6, 6.07) is 0.594. The monoisotopic (exact) mass is 198 g/mol. The zero-order chi connectivity index (χ0) is 10.7. The average Bonchev–Trinajstić information content (AvgIpc) is 2.08. The van der Waals surface area contributed by atoms with Crippen molar-refractivity contribution in [2.75, 3.05) is 13.2 Å². The Labute approximate surface area is 84.5 Å². The van der Waals surface area contributed by atoms with E-state index in [1.807, 2.05) is 13.8 Å². The number of hydrogen-bond acceptors (Lipinski definition) is 3. The maximum absolute atomic E-state index is 10.9. The van der Waals surface area contributed by atoms with Gasteiger partial charge in [0.15, 0.2) is 0 Å². The van der Waals surface area contributed by atoms with Crippen LogP contribution in [0.2, 0.25) is 0 Å². The van der Waals surface area contributed by atoms with Crippen LogP contribution in [0.1, 0.15) is 20.8 Å². The predicted octanol–water partition coefficient (Wildman–Crippen LogP) is 0.185. The topological polar surface area (TPSA) is 64.4 Å². The van der Waals surface area contributed by atoms with E-state index in [1.165, 1.54) is 0 Å². The molecule has 1 atom stereocenters. The molecule has 0 aromatic carbocycles. The molecule has 1 amide bonds. The second-order valence-electron chi connectivity index (χ2n) is 3.79. The molecule has 0 spiro atoms. The first-order valence-electron chi connectivity index (χ1n) is 4.83. The summed E-state index contributed by atoms with van der Waals surface area (Å²) in [5.41, 5.74) is 6.85. The summed E-state index contributed by atoms with van der Waals surface area (Å²) in [6.07, 6.45) is 0. The van der Waals surface area contributed by atoms with Crippen molar-refractivity contribution in [1.29, 1.82) is 0 Å². The summed E-state index contributed by atoms with van der Waals surface area (Å²) in [7, 11) is 0. The van der Waals surface area contributed by atoms with Crippen LogP contribution in [0, 0.1) is 0 Å². The van der Waals surface area contributed by atoms with E-state index in [4.69, 9.17) is 10.5 Å². The zero-order valence-corrected chi connectivity index (χ0v) is 8.96. The van der Waals surface area contributed by atoms with Gasteiger partial charge in [-0.3, -0.25) is 4.79 Å². The van der Waals surface area contributed by atoms with Gasteiger partial charge in [0.25, 0.3) is 0 Å². The lowest BCUT2D eigenvalue weighted by atomic mass is 10.0. The number of rotatable bonds is 4. The molecule has 80 valence electrons. The summed E-state index contributed by atoms with van der Waals surface area (Å²) in [6.45, 7) is 7.23. The fraction of sp³-hybridized carbons (Fsp3) is 0.700. The van der Waals surface area contributed by atoms with Gasteiger partial charge in [0.05, 0.1) is 19.3 Å². The first-order valence-corrected chi connectivity index (χ1v) is 4.83. The number of nitrogens with one attached hydrogen (secondary N) is 1. The molecule has 14 heavy (non-hydrogen) atoms. The lowest BCUT2D eigenvalue weighted by Crippen LogP contribution is -2.50. The van der Waals surface area contributed by atoms with E-state index in [1.54, 1.807) is 6.92 Å². The van der Waals surface area contributed by atoms with Crippen LogP contribution < -0.4 is 11.1 Å². The molecule has 0 saturated carbocycles. The van der Waals surface area contributed by atoms with E-state index in [-0.39, 0.29) is 11.9 Å². The minimum absolute atomic E-state index is 0.177. The Morgan fingerprint density at radius 2 is 2.07 bits per heavy atom. The van der Waals surface area contributed by atoms with Crippen LogP contribution in [0.5, 0.6) is 0 Å². The van der Waals surface area contributed by atoms with Crippen molar-refractivity contribution in [2.45, 2.75) is 32.9 Å². The molecule has 1 rings (SSSR count). The molecule has 4 nitrogen and oxygen atoms in total. The Morgan fingerprint density at radius 3 is 2.43 bits per heavy atom. The van der Waals surface area contributed by atoms with Crippen molar-refractivity contribution in [3.8, 4) is 0 Å². The summed E-state index contributed by atoms with van der Waals surface area (Å²) >= 11 is 0. The molecule has 3 N–H and O–H groups in total. The highest BCUT2D eigenvalue weighted by atomic mass is 16.5.